The van der Waals surface area contributed by atoms with Crippen LogP contribution >= 0.6 is 0 Å². The zero-order chi connectivity index (χ0) is 28.7. The van der Waals surface area contributed by atoms with Crippen molar-refractivity contribution in [3.8, 4) is 0 Å². The van der Waals surface area contributed by atoms with E-state index in [9.17, 15) is 14.7 Å². The van der Waals surface area contributed by atoms with Gasteiger partial charge in [-0.2, -0.15) is 0 Å². The second kappa shape index (κ2) is 13.9. The number of unbranched alkanes of at least 4 members (excludes halogenated alkanes) is 1. The Labute approximate surface area is 236 Å². The molecule has 0 aliphatic carbocycles. The molecule has 2 saturated heterocycles. The third-order valence-electron chi connectivity index (χ3n) is 8.83. The van der Waals surface area contributed by atoms with Gasteiger partial charge in [0.25, 0.3) is 0 Å². The first-order valence-corrected chi connectivity index (χ1v) is 17.6. The summed E-state index contributed by atoms with van der Waals surface area (Å²) in [4.78, 5) is 23.4. The van der Waals surface area contributed by atoms with Gasteiger partial charge in [-0.1, -0.05) is 70.9 Å². The van der Waals surface area contributed by atoms with Crippen molar-refractivity contribution in [3.63, 3.8) is 0 Å². The standard InChI is InChI=1S/C30H52N2O6Si/c1-29(2,15-10-11-16-30(3,4)39(5,6)35)21-31-19-25(33)24(18-22-12-8-7-9-13-22)32-28(34)38-26-20-37-27-23(26)14-17-36-27/h7-9,12-13,23-27,31,33,35H,10-11,14-21H2,1-6H3,(H,32,34)/t23-,24-,25+,26-,27+/m0/s1. The highest BCUT2D eigenvalue weighted by Crippen LogP contribution is 2.40. The summed E-state index contributed by atoms with van der Waals surface area (Å²) >= 11 is 0. The van der Waals surface area contributed by atoms with Crippen LogP contribution in [0, 0.1) is 11.3 Å². The van der Waals surface area contributed by atoms with Gasteiger partial charge in [0.2, 0.25) is 0 Å². The van der Waals surface area contributed by atoms with E-state index in [1.807, 2.05) is 43.4 Å². The number of alkyl carbamates (subject to hydrolysis) is 1. The van der Waals surface area contributed by atoms with Gasteiger partial charge < -0.3 is 34.7 Å². The van der Waals surface area contributed by atoms with E-state index in [2.05, 4.69) is 38.3 Å². The molecule has 1 aromatic carbocycles. The van der Waals surface area contributed by atoms with E-state index < -0.39 is 26.6 Å². The third kappa shape index (κ3) is 9.83. The van der Waals surface area contributed by atoms with Crippen molar-refractivity contribution >= 4 is 14.4 Å². The minimum Gasteiger partial charge on any atom is -0.443 e. The Bertz CT molecular complexity index is 891. The summed E-state index contributed by atoms with van der Waals surface area (Å²) in [5.41, 5.74) is 1.10. The Morgan fingerprint density at radius 3 is 2.51 bits per heavy atom. The van der Waals surface area contributed by atoms with E-state index in [-0.39, 0.29) is 28.8 Å². The maximum absolute atomic E-state index is 12.8. The maximum atomic E-state index is 12.8. The molecule has 0 saturated carbocycles. The van der Waals surface area contributed by atoms with Gasteiger partial charge in [0.05, 0.1) is 31.3 Å². The summed E-state index contributed by atoms with van der Waals surface area (Å²) in [5.74, 6) is 0.0698. The fourth-order valence-electron chi connectivity index (χ4n) is 5.29. The van der Waals surface area contributed by atoms with Crippen LogP contribution in [0.3, 0.4) is 0 Å². The lowest BCUT2D eigenvalue weighted by Gasteiger charge is -2.35. The lowest BCUT2D eigenvalue weighted by molar-refractivity contribution is -0.0907. The number of benzene rings is 1. The summed E-state index contributed by atoms with van der Waals surface area (Å²) in [6.07, 6.45) is 3.69. The lowest BCUT2D eigenvalue weighted by atomic mass is 9.86. The first-order valence-electron chi connectivity index (χ1n) is 14.6. The molecule has 1 amide bonds. The van der Waals surface area contributed by atoms with Crippen LogP contribution in [-0.2, 0) is 20.6 Å². The Hall–Kier alpha value is -1.49. The minimum absolute atomic E-state index is 0.0127. The van der Waals surface area contributed by atoms with E-state index in [1.165, 1.54) is 0 Å². The molecule has 2 aliphatic rings. The van der Waals surface area contributed by atoms with Gasteiger partial charge in [-0.25, -0.2) is 4.79 Å². The van der Waals surface area contributed by atoms with Gasteiger partial charge >= 0.3 is 6.09 Å². The Morgan fingerprint density at radius 2 is 1.82 bits per heavy atom. The molecule has 2 fully saturated rings. The van der Waals surface area contributed by atoms with Gasteiger partial charge in [0, 0.05) is 13.1 Å². The molecular weight excluding hydrogens is 512 g/mol. The predicted molar refractivity (Wildman–Crippen MR) is 156 cm³/mol. The summed E-state index contributed by atoms with van der Waals surface area (Å²) in [6.45, 7) is 15.0. The molecular formula is C30H52N2O6Si. The summed E-state index contributed by atoms with van der Waals surface area (Å²) < 4.78 is 16.8. The third-order valence-corrected chi connectivity index (χ3v) is 12.4. The Morgan fingerprint density at radius 1 is 1.13 bits per heavy atom. The highest BCUT2D eigenvalue weighted by molar-refractivity contribution is 6.72. The monoisotopic (exact) mass is 564 g/mol. The molecule has 5 atom stereocenters. The largest absolute Gasteiger partial charge is 0.443 e. The van der Waals surface area contributed by atoms with Crippen molar-refractivity contribution < 1.29 is 28.9 Å². The molecule has 9 heteroatoms. The second-order valence-corrected chi connectivity index (χ2v) is 17.9. The zero-order valence-electron chi connectivity index (χ0n) is 24.9. The number of carbonyl (C=O) groups is 1. The number of hydrogen-bond acceptors (Lipinski definition) is 7. The first-order chi connectivity index (χ1) is 18.3. The van der Waals surface area contributed by atoms with E-state index in [4.69, 9.17) is 14.2 Å². The molecule has 222 valence electrons. The number of ether oxygens (including phenoxy) is 3. The zero-order valence-corrected chi connectivity index (χ0v) is 25.9. The highest BCUT2D eigenvalue weighted by Gasteiger charge is 2.44. The van der Waals surface area contributed by atoms with E-state index in [0.29, 0.717) is 26.2 Å². The normalized spacial score (nSPS) is 23.3. The molecule has 0 spiro atoms. The highest BCUT2D eigenvalue weighted by atomic mass is 28.4. The van der Waals surface area contributed by atoms with E-state index in [0.717, 1.165) is 44.2 Å². The number of rotatable bonds is 15. The van der Waals surface area contributed by atoms with Gasteiger partial charge in [0.15, 0.2) is 14.6 Å². The smallest absolute Gasteiger partial charge is 0.407 e. The number of hydrogen-bond donors (Lipinski definition) is 4. The Balaban J connectivity index is 1.47. The quantitative estimate of drug-likeness (QED) is 0.182. The molecule has 0 bridgehead atoms. The SMILES string of the molecule is CC(C)(CCCCC(C)(C)[Si](C)(C)O)CNC[C@@H](O)[C@H](Cc1ccccc1)NC(=O)O[C@H]1CO[C@H]2OCC[C@H]21. The predicted octanol–water partition coefficient (Wildman–Crippen LogP) is 4.60. The van der Waals surface area contributed by atoms with Gasteiger partial charge in [-0.15, -0.1) is 0 Å². The molecule has 0 aromatic heterocycles. The van der Waals surface area contributed by atoms with E-state index in [1.54, 1.807) is 0 Å². The molecule has 0 radical (unpaired) electrons. The molecule has 39 heavy (non-hydrogen) atoms. The number of fused-ring (bicyclic) bond motifs is 1. The number of nitrogens with one attached hydrogen (secondary N) is 2. The van der Waals surface area contributed by atoms with Crippen LogP contribution in [0.4, 0.5) is 4.79 Å². The van der Waals surface area contributed by atoms with Crippen LogP contribution in [0.2, 0.25) is 18.1 Å². The van der Waals surface area contributed by atoms with Crippen LogP contribution < -0.4 is 10.6 Å². The van der Waals surface area contributed by atoms with Crippen LogP contribution in [0.25, 0.3) is 0 Å². The molecule has 4 N–H and O–H groups in total. The molecule has 3 rings (SSSR count). The van der Waals surface area contributed by atoms with Crippen molar-refractivity contribution in [3.05, 3.63) is 35.9 Å². The number of amides is 1. The summed E-state index contributed by atoms with van der Waals surface area (Å²) in [7, 11) is -2.17. The average molecular weight is 565 g/mol. The van der Waals surface area contributed by atoms with Gasteiger partial charge in [-0.3, -0.25) is 0 Å². The van der Waals surface area contributed by atoms with Crippen molar-refractivity contribution in [2.24, 2.45) is 11.3 Å². The van der Waals surface area contributed by atoms with Crippen LogP contribution in [0.15, 0.2) is 30.3 Å². The average Bonchev–Trinajstić information content (AvgIpc) is 3.46. The number of aliphatic hydroxyl groups excluding tert-OH is 1. The molecule has 0 unspecified atom stereocenters. The number of carbonyl (C=O) groups excluding carboxylic acids is 1. The van der Waals surface area contributed by atoms with Gasteiger partial charge in [0.1, 0.15) is 6.10 Å². The molecule has 2 heterocycles. The maximum Gasteiger partial charge on any atom is 0.407 e. The fraction of sp³-hybridized carbons (Fsp3) is 0.767. The van der Waals surface area contributed by atoms with Crippen LogP contribution in [-0.4, -0.2) is 75.2 Å². The molecule has 1 aromatic rings. The first kappa shape index (κ1) is 32.0. The van der Waals surface area contributed by atoms with Crippen LogP contribution in [0.5, 0.6) is 0 Å². The van der Waals surface area contributed by atoms with Crippen molar-refractivity contribution in [2.75, 3.05) is 26.3 Å². The van der Waals surface area contributed by atoms with Gasteiger partial charge in [-0.05, 0) is 54.8 Å². The van der Waals surface area contributed by atoms with Crippen molar-refractivity contribution in [1.82, 2.24) is 10.6 Å². The van der Waals surface area contributed by atoms with E-state index >= 15 is 0 Å². The molecule has 2 aliphatic heterocycles. The topological polar surface area (TPSA) is 109 Å². The second-order valence-electron chi connectivity index (χ2n) is 13.4. The minimum atomic E-state index is -2.17. The summed E-state index contributed by atoms with van der Waals surface area (Å²) in [6, 6.07) is 9.36. The fourth-order valence-corrected chi connectivity index (χ4v) is 6.08. The van der Waals surface area contributed by atoms with Crippen molar-refractivity contribution in [1.29, 1.82) is 0 Å². The molecule has 8 nitrogen and oxygen atoms in total. The summed E-state index contributed by atoms with van der Waals surface area (Å²) in [5, 5.41) is 17.5. The lowest BCUT2D eigenvalue weighted by Crippen LogP contribution is -2.50. The van der Waals surface area contributed by atoms with Crippen molar-refractivity contribution in [2.45, 2.75) is 109 Å². The Kier molecular flexibility index (Phi) is 11.4. The number of aliphatic hydroxyl groups is 1. The van der Waals surface area contributed by atoms with Crippen LogP contribution in [0.1, 0.15) is 65.4 Å².